The van der Waals surface area contributed by atoms with Crippen LogP contribution in [-0.2, 0) is 11.4 Å². The molecular formula is C9H13BrN2O. The molecule has 13 heavy (non-hydrogen) atoms. The van der Waals surface area contributed by atoms with Crippen LogP contribution in [0.2, 0.25) is 0 Å². The predicted molar refractivity (Wildman–Crippen MR) is 57.0 cm³/mol. The standard InChI is InChI=1S/C9H13BrN2O/c1-12(13-2)6-7-4-3-5-8(11)9(7)10/h3-5H,6,11H2,1-2H3. The summed E-state index contributed by atoms with van der Waals surface area (Å²) >= 11 is 3.43. The summed E-state index contributed by atoms with van der Waals surface area (Å²) in [7, 11) is 3.51. The molecule has 2 N–H and O–H groups in total. The molecule has 0 atom stereocenters. The maximum atomic E-state index is 5.73. The van der Waals surface area contributed by atoms with Crippen LogP contribution in [0, 0.1) is 0 Å². The fraction of sp³-hybridized carbons (Fsp3) is 0.333. The van der Waals surface area contributed by atoms with E-state index in [0.717, 1.165) is 15.7 Å². The van der Waals surface area contributed by atoms with Gasteiger partial charge in [0.05, 0.1) is 7.11 Å². The molecule has 0 saturated heterocycles. The number of hydrogen-bond acceptors (Lipinski definition) is 3. The summed E-state index contributed by atoms with van der Waals surface area (Å²) in [6.45, 7) is 0.710. The quantitative estimate of drug-likeness (QED) is 0.654. The minimum absolute atomic E-state index is 0.710. The molecule has 0 aliphatic heterocycles. The molecular weight excluding hydrogens is 232 g/mol. The van der Waals surface area contributed by atoms with E-state index >= 15 is 0 Å². The van der Waals surface area contributed by atoms with Gasteiger partial charge in [0.15, 0.2) is 0 Å². The van der Waals surface area contributed by atoms with E-state index < -0.39 is 0 Å². The van der Waals surface area contributed by atoms with Gasteiger partial charge in [-0.1, -0.05) is 12.1 Å². The monoisotopic (exact) mass is 244 g/mol. The Morgan fingerprint density at radius 3 is 2.85 bits per heavy atom. The van der Waals surface area contributed by atoms with Crippen LogP contribution in [0.25, 0.3) is 0 Å². The summed E-state index contributed by atoms with van der Waals surface area (Å²) in [4.78, 5) is 5.02. The molecule has 72 valence electrons. The van der Waals surface area contributed by atoms with Crippen LogP contribution in [0.4, 0.5) is 5.69 Å². The topological polar surface area (TPSA) is 38.5 Å². The highest BCUT2D eigenvalue weighted by Gasteiger charge is 2.04. The van der Waals surface area contributed by atoms with Gasteiger partial charge in [0, 0.05) is 23.8 Å². The van der Waals surface area contributed by atoms with Gasteiger partial charge in [-0.25, -0.2) is 0 Å². The zero-order valence-corrected chi connectivity index (χ0v) is 9.34. The normalized spacial score (nSPS) is 10.8. The van der Waals surface area contributed by atoms with Crippen molar-refractivity contribution in [3.8, 4) is 0 Å². The number of benzene rings is 1. The van der Waals surface area contributed by atoms with Gasteiger partial charge in [-0.05, 0) is 27.6 Å². The Hall–Kier alpha value is -0.580. The second kappa shape index (κ2) is 4.60. The van der Waals surface area contributed by atoms with Gasteiger partial charge in [-0.2, -0.15) is 5.06 Å². The van der Waals surface area contributed by atoms with E-state index in [1.165, 1.54) is 0 Å². The lowest BCUT2D eigenvalue weighted by atomic mass is 10.2. The molecule has 0 unspecified atom stereocenters. The summed E-state index contributed by atoms with van der Waals surface area (Å²) in [5.41, 5.74) is 7.60. The van der Waals surface area contributed by atoms with E-state index in [1.807, 2.05) is 25.2 Å². The van der Waals surface area contributed by atoms with Crippen molar-refractivity contribution in [1.29, 1.82) is 0 Å². The molecule has 0 bridgehead atoms. The molecule has 0 aliphatic rings. The van der Waals surface area contributed by atoms with Crippen LogP contribution in [0.1, 0.15) is 5.56 Å². The van der Waals surface area contributed by atoms with Crippen molar-refractivity contribution < 1.29 is 4.84 Å². The Morgan fingerprint density at radius 2 is 2.23 bits per heavy atom. The summed E-state index contributed by atoms with van der Waals surface area (Å²) in [6, 6.07) is 5.80. The van der Waals surface area contributed by atoms with Crippen LogP contribution in [0.5, 0.6) is 0 Å². The number of nitrogen functional groups attached to an aromatic ring is 1. The number of hydroxylamine groups is 2. The Labute approximate surface area is 86.6 Å². The highest BCUT2D eigenvalue weighted by atomic mass is 79.9. The van der Waals surface area contributed by atoms with E-state index in [2.05, 4.69) is 15.9 Å². The smallest absolute Gasteiger partial charge is 0.0575 e. The van der Waals surface area contributed by atoms with E-state index in [9.17, 15) is 0 Å². The van der Waals surface area contributed by atoms with Crippen molar-refractivity contribution >= 4 is 21.6 Å². The second-order valence-corrected chi connectivity index (χ2v) is 3.58. The first-order valence-electron chi connectivity index (χ1n) is 3.93. The molecule has 0 fully saturated rings. The van der Waals surface area contributed by atoms with E-state index in [0.29, 0.717) is 6.54 Å². The lowest BCUT2D eigenvalue weighted by Gasteiger charge is -2.14. The van der Waals surface area contributed by atoms with Crippen molar-refractivity contribution in [2.45, 2.75) is 6.54 Å². The fourth-order valence-corrected chi connectivity index (χ4v) is 1.42. The molecule has 0 spiro atoms. The van der Waals surface area contributed by atoms with Crippen LogP contribution < -0.4 is 5.73 Å². The maximum absolute atomic E-state index is 5.73. The summed E-state index contributed by atoms with van der Waals surface area (Å²) in [5, 5.41) is 1.74. The van der Waals surface area contributed by atoms with Gasteiger partial charge in [0.1, 0.15) is 0 Å². The molecule has 1 aromatic carbocycles. The van der Waals surface area contributed by atoms with Gasteiger partial charge in [0.2, 0.25) is 0 Å². The molecule has 3 nitrogen and oxygen atoms in total. The van der Waals surface area contributed by atoms with Gasteiger partial charge < -0.3 is 10.6 Å². The molecule has 0 heterocycles. The van der Waals surface area contributed by atoms with Gasteiger partial charge >= 0.3 is 0 Å². The maximum Gasteiger partial charge on any atom is 0.0575 e. The lowest BCUT2D eigenvalue weighted by molar-refractivity contribution is -0.116. The zero-order chi connectivity index (χ0) is 9.84. The molecule has 0 aromatic heterocycles. The number of halogens is 1. The Bertz CT molecular complexity index is 291. The van der Waals surface area contributed by atoms with Crippen LogP contribution in [-0.4, -0.2) is 19.2 Å². The zero-order valence-electron chi connectivity index (χ0n) is 7.75. The average Bonchev–Trinajstić information content (AvgIpc) is 2.13. The molecule has 4 heteroatoms. The third-order valence-corrected chi connectivity index (χ3v) is 2.78. The van der Waals surface area contributed by atoms with Gasteiger partial charge in [-0.3, -0.25) is 0 Å². The molecule has 0 aliphatic carbocycles. The minimum Gasteiger partial charge on any atom is -0.398 e. The van der Waals surface area contributed by atoms with Crippen molar-refractivity contribution in [1.82, 2.24) is 5.06 Å². The van der Waals surface area contributed by atoms with Gasteiger partial charge in [0.25, 0.3) is 0 Å². The largest absolute Gasteiger partial charge is 0.398 e. The molecule has 0 saturated carbocycles. The first-order chi connectivity index (χ1) is 6.15. The summed E-state index contributed by atoms with van der Waals surface area (Å²) < 4.78 is 0.943. The number of anilines is 1. The number of nitrogens with two attached hydrogens (primary N) is 1. The highest BCUT2D eigenvalue weighted by molar-refractivity contribution is 9.10. The van der Waals surface area contributed by atoms with Crippen LogP contribution >= 0.6 is 15.9 Å². The second-order valence-electron chi connectivity index (χ2n) is 2.79. The van der Waals surface area contributed by atoms with E-state index in [1.54, 1.807) is 12.2 Å². The first-order valence-corrected chi connectivity index (χ1v) is 4.72. The number of rotatable bonds is 3. The predicted octanol–water partition coefficient (Wildman–Crippen LogP) is 2.02. The average molecular weight is 245 g/mol. The Morgan fingerprint density at radius 1 is 1.54 bits per heavy atom. The van der Waals surface area contributed by atoms with Crippen molar-refractivity contribution in [3.63, 3.8) is 0 Å². The molecule has 1 aromatic rings. The number of nitrogens with zero attached hydrogens (tertiary/aromatic N) is 1. The highest BCUT2D eigenvalue weighted by Crippen LogP contribution is 2.24. The third-order valence-electron chi connectivity index (χ3n) is 1.81. The Kier molecular flexibility index (Phi) is 3.71. The van der Waals surface area contributed by atoms with E-state index in [-0.39, 0.29) is 0 Å². The molecule has 0 radical (unpaired) electrons. The first kappa shape index (κ1) is 10.5. The summed E-state index contributed by atoms with van der Waals surface area (Å²) in [6.07, 6.45) is 0. The molecule has 0 amide bonds. The number of hydrogen-bond donors (Lipinski definition) is 1. The lowest BCUT2D eigenvalue weighted by Crippen LogP contribution is -2.16. The fourth-order valence-electron chi connectivity index (χ4n) is 1.03. The Balaban J connectivity index is 2.83. The van der Waals surface area contributed by atoms with Crippen molar-refractivity contribution in [2.24, 2.45) is 0 Å². The van der Waals surface area contributed by atoms with Gasteiger partial charge in [-0.15, -0.1) is 0 Å². The minimum atomic E-state index is 0.710. The molecule has 1 rings (SSSR count). The summed E-state index contributed by atoms with van der Waals surface area (Å²) in [5.74, 6) is 0. The third kappa shape index (κ3) is 2.69. The van der Waals surface area contributed by atoms with Crippen molar-refractivity contribution in [2.75, 3.05) is 19.9 Å². The SMILES string of the molecule is CON(C)Cc1cccc(N)c1Br. The van der Waals surface area contributed by atoms with Crippen LogP contribution in [0.3, 0.4) is 0 Å². The van der Waals surface area contributed by atoms with Crippen LogP contribution in [0.15, 0.2) is 22.7 Å². The van der Waals surface area contributed by atoms with Crippen molar-refractivity contribution in [3.05, 3.63) is 28.2 Å². The van der Waals surface area contributed by atoms with E-state index in [4.69, 9.17) is 10.6 Å².